The smallest absolute Gasteiger partial charge is 0.0498 e. The summed E-state index contributed by atoms with van der Waals surface area (Å²) in [5.74, 6) is 0. The monoisotopic (exact) mass is 279 g/mol. The first-order chi connectivity index (χ1) is 8.66. The molecular weight excluding hydrogens is 262 g/mol. The van der Waals surface area contributed by atoms with Gasteiger partial charge in [0.2, 0.25) is 0 Å². The molecule has 0 spiro atoms. The molecule has 0 aliphatic rings. The molecule has 0 saturated heterocycles. The minimum Gasteiger partial charge on any atom is -0.306 e. The fourth-order valence-electron chi connectivity index (χ4n) is 1.71. The van der Waals surface area contributed by atoms with E-state index in [-0.39, 0.29) is 0 Å². The van der Waals surface area contributed by atoms with Gasteiger partial charge in [0.25, 0.3) is 0 Å². The van der Waals surface area contributed by atoms with Gasteiger partial charge in [-0.15, -0.1) is 0 Å². The van der Waals surface area contributed by atoms with E-state index in [0.29, 0.717) is 6.04 Å². The van der Waals surface area contributed by atoms with Gasteiger partial charge in [0.1, 0.15) is 0 Å². The average molecular weight is 279 g/mol. The number of hydrogen-bond acceptors (Lipinski definition) is 3. The zero-order valence-corrected chi connectivity index (χ0v) is 12.2. The van der Waals surface area contributed by atoms with Crippen molar-refractivity contribution in [1.29, 1.82) is 0 Å². The predicted molar refractivity (Wildman–Crippen MR) is 78.3 cm³/mol. The minimum absolute atomic E-state index is 0.358. The summed E-state index contributed by atoms with van der Waals surface area (Å²) in [5.41, 5.74) is 2.54. The van der Waals surface area contributed by atoms with Gasteiger partial charge in [-0.3, -0.25) is 4.21 Å². The van der Waals surface area contributed by atoms with Gasteiger partial charge in [-0.2, -0.15) is 11.3 Å². The molecule has 1 aromatic carbocycles. The van der Waals surface area contributed by atoms with E-state index in [9.17, 15) is 4.21 Å². The van der Waals surface area contributed by atoms with Crippen molar-refractivity contribution in [3.63, 3.8) is 0 Å². The van der Waals surface area contributed by atoms with E-state index in [1.165, 1.54) is 11.1 Å². The van der Waals surface area contributed by atoms with Crippen LogP contribution in [0.1, 0.15) is 24.1 Å². The zero-order valence-electron chi connectivity index (χ0n) is 10.6. The van der Waals surface area contributed by atoms with Crippen molar-refractivity contribution < 1.29 is 4.21 Å². The van der Waals surface area contributed by atoms with Gasteiger partial charge in [-0.05, 0) is 47.0 Å². The highest BCUT2D eigenvalue weighted by Crippen LogP contribution is 2.16. The van der Waals surface area contributed by atoms with Crippen molar-refractivity contribution in [1.82, 2.24) is 5.32 Å². The SMILES string of the molecule is C[C@@H](NCc1ccc([S@](C)=O)cc1)c1ccsc1. The summed E-state index contributed by atoms with van der Waals surface area (Å²) in [6, 6.07) is 10.4. The quantitative estimate of drug-likeness (QED) is 0.909. The number of nitrogens with one attached hydrogen (secondary N) is 1. The maximum Gasteiger partial charge on any atom is 0.0498 e. The molecule has 96 valence electrons. The van der Waals surface area contributed by atoms with Crippen LogP contribution < -0.4 is 5.32 Å². The molecule has 0 bridgehead atoms. The summed E-state index contributed by atoms with van der Waals surface area (Å²) in [6.07, 6.45) is 1.70. The summed E-state index contributed by atoms with van der Waals surface area (Å²) >= 11 is 1.72. The van der Waals surface area contributed by atoms with Crippen molar-refractivity contribution in [2.75, 3.05) is 6.26 Å². The second-order valence-electron chi connectivity index (χ2n) is 4.26. The van der Waals surface area contributed by atoms with Crippen LogP contribution in [-0.2, 0) is 17.3 Å². The molecule has 0 fully saturated rings. The first-order valence-corrected chi connectivity index (χ1v) is 8.35. The molecule has 0 aliphatic carbocycles. The second kappa shape index (κ2) is 6.27. The lowest BCUT2D eigenvalue weighted by Gasteiger charge is -2.12. The lowest BCUT2D eigenvalue weighted by atomic mass is 10.1. The molecule has 0 amide bonds. The third-order valence-corrected chi connectivity index (χ3v) is 4.55. The van der Waals surface area contributed by atoms with E-state index in [1.807, 2.05) is 24.3 Å². The molecule has 2 aromatic rings. The Balaban J connectivity index is 1.92. The average Bonchev–Trinajstić information content (AvgIpc) is 2.90. The van der Waals surface area contributed by atoms with E-state index in [2.05, 4.69) is 29.1 Å². The highest BCUT2D eigenvalue weighted by molar-refractivity contribution is 7.84. The Morgan fingerprint density at radius 2 is 2.00 bits per heavy atom. The van der Waals surface area contributed by atoms with Crippen LogP contribution >= 0.6 is 11.3 Å². The lowest BCUT2D eigenvalue weighted by molar-refractivity contribution is 0.576. The molecule has 0 unspecified atom stereocenters. The first kappa shape index (κ1) is 13.5. The lowest BCUT2D eigenvalue weighted by Crippen LogP contribution is -2.17. The second-order valence-corrected chi connectivity index (χ2v) is 6.42. The van der Waals surface area contributed by atoms with Crippen LogP contribution in [0.15, 0.2) is 46.0 Å². The van der Waals surface area contributed by atoms with E-state index in [1.54, 1.807) is 17.6 Å². The Labute approximate surface area is 115 Å². The van der Waals surface area contributed by atoms with Crippen molar-refractivity contribution in [2.45, 2.75) is 24.4 Å². The summed E-state index contributed by atoms with van der Waals surface area (Å²) in [5, 5.41) is 7.74. The third kappa shape index (κ3) is 3.51. The van der Waals surface area contributed by atoms with Gasteiger partial charge in [0, 0.05) is 34.5 Å². The maximum absolute atomic E-state index is 11.3. The molecule has 0 radical (unpaired) electrons. The highest BCUT2D eigenvalue weighted by Gasteiger charge is 2.05. The van der Waals surface area contributed by atoms with E-state index >= 15 is 0 Å². The number of benzene rings is 1. The van der Waals surface area contributed by atoms with E-state index in [4.69, 9.17) is 0 Å². The van der Waals surface area contributed by atoms with Crippen LogP contribution in [0.3, 0.4) is 0 Å². The standard InChI is InChI=1S/C14H17NOS2/c1-11(13-7-8-17-10-13)15-9-12-3-5-14(6-4-12)18(2)16/h3-8,10-11,15H,9H2,1-2H3/t11-,18+/m1/s1. The van der Waals surface area contributed by atoms with Crippen LogP contribution in [0.2, 0.25) is 0 Å². The summed E-state index contributed by atoms with van der Waals surface area (Å²) in [4.78, 5) is 0.879. The Morgan fingerprint density at radius 3 is 2.56 bits per heavy atom. The van der Waals surface area contributed by atoms with Crippen molar-refractivity contribution in [3.05, 3.63) is 52.2 Å². The normalized spacial score (nSPS) is 14.3. The van der Waals surface area contributed by atoms with Crippen molar-refractivity contribution in [3.8, 4) is 0 Å². The molecule has 0 aliphatic heterocycles. The molecule has 1 N–H and O–H groups in total. The van der Waals surface area contributed by atoms with Crippen LogP contribution in [0, 0.1) is 0 Å². The molecule has 4 heteroatoms. The van der Waals surface area contributed by atoms with Gasteiger partial charge in [0.15, 0.2) is 0 Å². The fourth-order valence-corrected chi connectivity index (χ4v) is 2.98. The Morgan fingerprint density at radius 1 is 1.28 bits per heavy atom. The molecular formula is C14H17NOS2. The van der Waals surface area contributed by atoms with Crippen LogP contribution in [0.4, 0.5) is 0 Å². The van der Waals surface area contributed by atoms with Gasteiger partial charge >= 0.3 is 0 Å². The topological polar surface area (TPSA) is 29.1 Å². The Kier molecular flexibility index (Phi) is 4.69. The van der Waals surface area contributed by atoms with Gasteiger partial charge < -0.3 is 5.32 Å². The van der Waals surface area contributed by atoms with Crippen LogP contribution in [-0.4, -0.2) is 10.5 Å². The molecule has 2 rings (SSSR count). The van der Waals surface area contributed by atoms with Gasteiger partial charge in [-0.1, -0.05) is 12.1 Å². The summed E-state index contributed by atoms with van der Waals surface area (Å²) in [7, 11) is -0.893. The third-order valence-electron chi connectivity index (χ3n) is 2.91. The number of hydrogen-bond donors (Lipinski definition) is 1. The minimum atomic E-state index is -0.893. The number of rotatable bonds is 5. The largest absolute Gasteiger partial charge is 0.306 e. The molecule has 2 nitrogen and oxygen atoms in total. The predicted octanol–water partition coefficient (Wildman–Crippen LogP) is 3.34. The van der Waals surface area contributed by atoms with Crippen molar-refractivity contribution in [2.24, 2.45) is 0 Å². The van der Waals surface area contributed by atoms with E-state index < -0.39 is 10.8 Å². The molecule has 1 aromatic heterocycles. The van der Waals surface area contributed by atoms with Crippen LogP contribution in [0.5, 0.6) is 0 Å². The van der Waals surface area contributed by atoms with Crippen molar-refractivity contribution >= 4 is 22.1 Å². The Hall–Kier alpha value is -0.970. The summed E-state index contributed by atoms with van der Waals surface area (Å²) in [6.45, 7) is 2.99. The maximum atomic E-state index is 11.3. The molecule has 0 saturated carbocycles. The molecule has 2 atom stereocenters. The fraction of sp³-hybridized carbons (Fsp3) is 0.286. The van der Waals surface area contributed by atoms with E-state index in [0.717, 1.165) is 11.4 Å². The van der Waals surface area contributed by atoms with Crippen LogP contribution in [0.25, 0.3) is 0 Å². The molecule has 18 heavy (non-hydrogen) atoms. The molecule has 1 heterocycles. The van der Waals surface area contributed by atoms with Gasteiger partial charge in [-0.25, -0.2) is 0 Å². The number of thiophene rings is 1. The van der Waals surface area contributed by atoms with Gasteiger partial charge in [0.05, 0.1) is 0 Å². The summed E-state index contributed by atoms with van der Waals surface area (Å²) < 4.78 is 11.3. The highest BCUT2D eigenvalue weighted by atomic mass is 32.2. The first-order valence-electron chi connectivity index (χ1n) is 5.84. The Bertz CT molecular complexity index is 505. The zero-order chi connectivity index (χ0) is 13.0.